The molecule has 0 spiro atoms. The van der Waals surface area contributed by atoms with Crippen molar-refractivity contribution in [2.75, 3.05) is 0 Å². The number of hydrazone groups is 1. The lowest BCUT2D eigenvalue weighted by Crippen LogP contribution is -2.18. The molecule has 0 aliphatic carbocycles. The van der Waals surface area contributed by atoms with Gasteiger partial charge in [-0.25, -0.2) is 9.82 Å². The van der Waals surface area contributed by atoms with Crippen LogP contribution in [0.1, 0.15) is 11.1 Å². The number of hydrogen-bond acceptors (Lipinski definition) is 4. The quantitative estimate of drug-likeness (QED) is 0.458. The van der Waals surface area contributed by atoms with Crippen LogP contribution in [-0.4, -0.2) is 19.6 Å². The lowest BCUT2D eigenvalue weighted by atomic mass is 10.2. The number of hydrogen-bond donors (Lipinski definition) is 1. The number of aryl methyl sites for hydroxylation is 1. The molecule has 0 saturated heterocycles. The van der Waals surface area contributed by atoms with Crippen molar-refractivity contribution in [1.29, 1.82) is 0 Å². The number of halogens is 2. The maximum absolute atomic E-state index is 12.0. The monoisotopic (exact) mass is 431 g/mol. The first-order valence-corrected chi connectivity index (χ1v) is 8.88. The molecule has 0 amide bonds. The van der Waals surface area contributed by atoms with E-state index in [9.17, 15) is 8.42 Å². The van der Waals surface area contributed by atoms with Crippen LogP contribution in [0.25, 0.3) is 0 Å². The van der Waals surface area contributed by atoms with Crippen LogP contribution < -0.4 is 4.83 Å². The first-order valence-electron chi connectivity index (χ1n) is 5.81. The average Bonchev–Trinajstić information content (AvgIpc) is 2.43. The molecule has 0 unspecified atom stereocenters. The van der Waals surface area contributed by atoms with Crippen LogP contribution in [0, 0.1) is 6.92 Å². The summed E-state index contributed by atoms with van der Waals surface area (Å²) in [6.07, 6.45) is 3.01. The molecule has 0 aliphatic rings. The molecule has 1 heterocycles. The van der Waals surface area contributed by atoms with Crippen LogP contribution in [0.2, 0.25) is 0 Å². The van der Waals surface area contributed by atoms with E-state index < -0.39 is 10.0 Å². The van der Waals surface area contributed by atoms with Gasteiger partial charge in [0.2, 0.25) is 0 Å². The highest BCUT2D eigenvalue weighted by molar-refractivity contribution is 9.11. The number of aromatic nitrogens is 1. The lowest BCUT2D eigenvalue weighted by Gasteiger charge is -2.04. The van der Waals surface area contributed by atoms with Crippen LogP contribution in [0.5, 0.6) is 0 Å². The number of nitrogens with one attached hydrogen (secondary N) is 1. The molecule has 0 aliphatic heterocycles. The number of benzene rings is 1. The van der Waals surface area contributed by atoms with Crippen molar-refractivity contribution in [2.45, 2.75) is 11.8 Å². The van der Waals surface area contributed by atoms with E-state index in [1.54, 1.807) is 24.4 Å². The zero-order chi connectivity index (χ0) is 15.5. The highest BCUT2D eigenvalue weighted by atomic mass is 79.9. The van der Waals surface area contributed by atoms with E-state index in [2.05, 4.69) is 46.8 Å². The standard InChI is InChI=1S/C13H11Br2N3O2S/c1-9-2-4-12(5-3-9)21(19,20)18-17-7-10-6-11(14)8-16-13(10)15/h2-8,18H,1H3. The summed E-state index contributed by atoms with van der Waals surface area (Å²) in [5.41, 5.74) is 1.64. The molecule has 0 saturated carbocycles. The number of nitrogens with zero attached hydrogens (tertiary/aromatic N) is 2. The molecule has 2 aromatic rings. The fraction of sp³-hybridized carbons (Fsp3) is 0.0769. The van der Waals surface area contributed by atoms with Gasteiger partial charge in [-0.15, -0.1) is 0 Å². The zero-order valence-electron chi connectivity index (χ0n) is 10.9. The van der Waals surface area contributed by atoms with Gasteiger partial charge in [-0.1, -0.05) is 17.7 Å². The van der Waals surface area contributed by atoms with Gasteiger partial charge in [-0.05, 0) is 57.0 Å². The largest absolute Gasteiger partial charge is 0.276 e. The molecule has 1 aromatic heterocycles. The SMILES string of the molecule is Cc1ccc(S(=O)(=O)NN=Cc2cc(Br)cnc2Br)cc1. The first-order chi connectivity index (χ1) is 9.88. The number of pyridine rings is 1. The minimum atomic E-state index is -3.67. The van der Waals surface area contributed by atoms with Crippen molar-refractivity contribution in [3.05, 3.63) is 56.7 Å². The summed E-state index contributed by atoms with van der Waals surface area (Å²) >= 11 is 6.55. The molecule has 2 rings (SSSR count). The van der Waals surface area contributed by atoms with Crippen LogP contribution >= 0.6 is 31.9 Å². The van der Waals surface area contributed by atoms with Crippen molar-refractivity contribution in [1.82, 2.24) is 9.82 Å². The summed E-state index contributed by atoms with van der Waals surface area (Å²) in [7, 11) is -3.67. The van der Waals surface area contributed by atoms with Crippen molar-refractivity contribution in [3.8, 4) is 0 Å². The predicted molar refractivity (Wildman–Crippen MR) is 88.7 cm³/mol. The van der Waals surface area contributed by atoms with Gasteiger partial charge in [0, 0.05) is 16.2 Å². The van der Waals surface area contributed by atoms with Crippen molar-refractivity contribution in [3.63, 3.8) is 0 Å². The summed E-state index contributed by atoms with van der Waals surface area (Å²) in [5.74, 6) is 0. The Hall–Kier alpha value is -1.25. The van der Waals surface area contributed by atoms with Gasteiger partial charge in [-0.2, -0.15) is 13.5 Å². The van der Waals surface area contributed by atoms with E-state index in [1.807, 2.05) is 6.92 Å². The summed E-state index contributed by atoms with van der Waals surface area (Å²) in [6, 6.07) is 8.29. The summed E-state index contributed by atoms with van der Waals surface area (Å²) < 4.78 is 25.4. The molecule has 0 radical (unpaired) electrons. The van der Waals surface area contributed by atoms with E-state index in [0.29, 0.717) is 10.2 Å². The molecule has 5 nitrogen and oxygen atoms in total. The fourth-order valence-corrected chi connectivity index (χ4v) is 2.92. The molecule has 110 valence electrons. The van der Waals surface area contributed by atoms with E-state index in [1.165, 1.54) is 18.3 Å². The summed E-state index contributed by atoms with van der Waals surface area (Å²) in [4.78, 5) is 6.39. The normalized spacial score (nSPS) is 11.8. The molecular formula is C13H11Br2N3O2S. The molecule has 1 N–H and O–H groups in total. The van der Waals surface area contributed by atoms with Gasteiger partial charge in [0.1, 0.15) is 4.60 Å². The third-order valence-electron chi connectivity index (χ3n) is 2.54. The van der Waals surface area contributed by atoms with E-state index in [-0.39, 0.29) is 4.90 Å². The Morgan fingerprint density at radius 1 is 1.24 bits per heavy atom. The maximum Gasteiger partial charge on any atom is 0.276 e. The van der Waals surface area contributed by atoms with Gasteiger partial charge in [0.05, 0.1) is 11.1 Å². The molecule has 1 aromatic carbocycles. The van der Waals surface area contributed by atoms with Crippen LogP contribution in [0.3, 0.4) is 0 Å². The molecule has 8 heteroatoms. The minimum Gasteiger partial charge on any atom is -0.247 e. The highest BCUT2D eigenvalue weighted by Gasteiger charge is 2.11. The van der Waals surface area contributed by atoms with Crippen molar-refractivity contribution < 1.29 is 8.42 Å². The predicted octanol–water partition coefficient (Wildman–Crippen LogP) is 3.23. The molecule has 0 atom stereocenters. The zero-order valence-corrected chi connectivity index (χ0v) is 14.9. The van der Waals surface area contributed by atoms with E-state index in [4.69, 9.17) is 0 Å². The van der Waals surface area contributed by atoms with Crippen LogP contribution in [0.15, 0.2) is 55.6 Å². The van der Waals surface area contributed by atoms with E-state index >= 15 is 0 Å². The van der Waals surface area contributed by atoms with Gasteiger partial charge >= 0.3 is 0 Å². The Morgan fingerprint density at radius 3 is 2.57 bits per heavy atom. The smallest absolute Gasteiger partial charge is 0.247 e. The average molecular weight is 433 g/mol. The van der Waals surface area contributed by atoms with Gasteiger partial charge < -0.3 is 0 Å². The third-order valence-corrected chi connectivity index (χ3v) is 4.88. The van der Waals surface area contributed by atoms with Crippen LogP contribution in [0.4, 0.5) is 0 Å². The Morgan fingerprint density at radius 2 is 1.90 bits per heavy atom. The molecule has 21 heavy (non-hydrogen) atoms. The third kappa shape index (κ3) is 4.36. The van der Waals surface area contributed by atoms with Gasteiger partial charge in [-0.3, -0.25) is 0 Å². The second-order valence-electron chi connectivity index (χ2n) is 4.20. The minimum absolute atomic E-state index is 0.164. The van der Waals surface area contributed by atoms with Gasteiger partial charge in [0.15, 0.2) is 0 Å². The molecule has 0 fully saturated rings. The Kier molecular flexibility index (Phi) is 5.13. The fourth-order valence-electron chi connectivity index (χ4n) is 1.46. The molecular weight excluding hydrogens is 422 g/mol. The molecule has 0 bridgehead atoms. The van der Waals surface area contributed by atoms with Gasteiger partial charge in [0.25, 0.3) is 10.0 Å². The highest BCUT2D eigenvalue weighted by Crippen LogP contribution is 2.17. The maximum atomic E-state index is 12.0. The van der Waals surface area contributed by atoms with Crippen molar-refractivity contribution >= 4 is 48.1 Å². The first kappa shape index (κ1) is 16.1. The second kappa shape index (κ2) is 6.67. The topological polar surface area (TPSA) is 71.4 Å². The van der Waals surface area contributed by atoms with Crippen molar-refractivity contribution in [2.24, 2.45) is 5.10 Å². The number of sulfonamides is 1. The summed E-state index contributed by atoms with van der Waals surface area (Å²) in [6.45, 7) is 1.89. The Balaban J connectivity index is 2.16. The Bertz CT molecular complexity index is 775. The summed E-state index contributed by atoms with van der Waals surface area (Å²) in [5, 5.41) is 3.76. The second-order valence-corrected chi connectivity index (χ2v) is 7.53. The van der Waals surface area contributed by atoms with Crippen LogP contribution in [-0.2, 0) is 10.0 Å². The lowest BCUT2D eigenvalue weighted by molar-refractivity contribution is 0.584. The number of rotatable bonds is 4. The van der Waals surface area contributed by atoms with E-state index in [0.717, 1.165) is 10.0 Å². The Labute approximate surface area is 139 Å².